The third kappa shape index (κ3) is 9.19. The Balaban J connectivity index is 1.29. The van der Waals surface area contributed by atoms with Crippen molar-refractivity contribution in [2.75, 3.05) is 6.54 Å². The van der Waals surface area contributed by atoms with Crippen LogP contribution in [-0.4, -0.2) is 94.1 Å². The number of nitrogens with one attached hydrogen (secondary N) is 3. The van der Waals surface area contributed by atoms with Gasteiger partial charge in [0, 0.05) is 24.1 Å². The molecule has 0 radical (unpaired) electrons. The van der Waals surface area contributed by atoms with Gasteiger partial charge in [-0.05, 0) is 68.9 Å². The highest BCUT2D eigenvalue weighted by molar-refractivity contribution is 7.91. The predicted octanol–water partition coefficient (Wildman–Crippen LogP) is 5.62. The van der Waals surface area contributed by atoms with E-state index in [4.69, 9.17) is 14.9 Å². The lowest BCUT2D eigenvalue weighted by Crippen LogP contribution is -2.60. The summed E-state index contributed by atoms with van der Waals surface area (Å²) in [5, 5.41) is 14.3. The van der Waals surface area contributed by atoms with Gasteiger partial charge in [0.25, 0.3) is 5.91 Å². The average molecular weight is 836 g/mol. The summed E-state index contributed by atoms with van der Waals surface area (Å²) in [5.74, 6) is -4.49. The van der Waals surface area contributed by atoms with Crippen molar-refractivity contribution in [2.45, 2.75) is 121 Å². The topological polar surface area (TPSA) is 182 Å². The van der Waals surface area contributed by atoms with Crippen LogP contribution in [0.25, 0.3) is 28.6 Å². The van der Waals surface area contributed by atoms with E-state index < -0.39 is 93.0 Å². The number of sulfonamides is 1. The lowest BCUT2D eigenvalue weighted by molar-refractivity contribution is -0.143. The first kappa shape index (κ1) is 42.0. The molecule has 59 heavy (non-hydrogen) atoms. The Morgan fingerprint density at radius 1 is 0.983 bits per heavy atom. The van der Waals surface area contributed by atoms with E-state index >= 15 is 0 Å². The number of amides is 4. The molecule has 1 saturated heterocycles. The highest BCUT2D eigenvalue weighted by Gasteiger charge is 2.67. The molecular weight excluding hydrogens is 785 g/mol. The Bertz CT molecular complexity index is 2220. The van der Waals surface area contributed by atoms with E-state index in [1.165, 1.54) is 9.70 Å². The first-order valence-corrected chi connectivity index (χ1v) is 21.7. The van der Waals surface area contributed by atoms with Gasteiger partial charge in [-0.15, -0.1) is 0 Å². The minimum absolute atomic E-state index is 0.0987. The van der Waals surface area contributed by atoms with Crippen LogP contribution >= 0.6 is 0 Å². The third-order valence-corrected chi connectivity index (χ3v) is 13.3. The maximum Gasteiger partial charge on any atom is 0.408 e. The van der Waals surface area contributed by atoms with E-state index in [0.29, 0.717) is 30.7 Å². The normalized spacial score (nSPS) is 27.2. The number of alkyl halides is 2. The van der Waals surface area contributed by atoms with E-state index in [-0.39, 0.29) is 13.0 Å². The Morgan fingerprint density at radius 3 is 2.34 bits per heavy atom. The number of allylic oxidation sites excluding steroid dienone is 1. The number of fused-ring (bicyclic) bond motifs is 8. The number of aromatic nitrogens is 3. The fourth-order valence-electron chi connectivity index (χ4n) is 7.89. The summed E-state index contributed by atoms with van der Waals surface area (Å²) >= 11 is 0. The van der Waals surface area contributed by atoms with Crippen LogP contribution in [0.2, 0.25) is 0 Å². The smallest absolute Gasteiger partial charge is 0.408 e. The van der Waals surface area contributed by atoms with E-state index in [0.717, 1.165) is 36.0 Å². The third-order valence-electron chi connectivity index (χ3n) is 11.5. The van der Waals surface area contributed by atoms with Crippen molar-refractivity contribution in [3.05, 3.63) is 66.2 Å². The molecule has 3 fully saturated rings. The summed E-state index contributed by atoms with van der Waals surface area (Å²) in [7, 11) is -4.14. The largest absolute Gasteiger partial charge is 0.447 e. The Hall–Kier alpha value is -5.19. The summed E-state index contributed by atoms with van der Waals surface area (Å²) in [6.07, 6.45) is 2.92. The maximum absolute atomic E-state index is 14.8. The van der Waals surface area contributed by atoms with E-state index in [9.17, 15) is 36.4 Å². The van der Waals surface area contributed by atoms with Gasteiger partial charge in [0.15, 0.2) is 0 Å². The molecule has 1 unspecified atom stereocenters. The number of carbonyl (C=O) groups is 4. The van der Waals surface area contributed by atoms with Crippen molar-refractivity contribution in [1.82, 2.24) is 35.2 Å². The number of halogens is 2. The number of ether oxygens (including phenoxy) is 1. The molecule has 1 aromatic heterocycles. The van der Waals surface area contributed by atoms with Crippen LogP contribution in [0.4, 0.5) is 13.6 Å². The van der Waals surface area contributed by atoms with Crippen molar-refractivity contribution < 1.29 is 41.1 Å². The van der Waals surface area contributed by atoms with Gasteiger partial charge in [-0.25, -0.2) is 22.0 Å². The molecular formula is C42H51F2N7O7S. The SMILES string of the molecule is C[C@H]1CCCC/C=C/c2cccc(c2)-c2nn(nc2-c2ccccc2)C2C[C@@H](C(=O)N[C@@]3(C(=O)NS(=O)(=O)C4CC4)C[C@H]3C(F)F)N(C2)C(=O)[C@H](C(C)(C)C)NC(=O)O1. The summed E-state index contributed by atoms with van der Waals surface area (Å²) in [4.78, 5) is 58.8. The number of cyclic esters (lactones) is 1. The molecule has 316 valence electrons. The van der Waals surface area contributed by atoms with Gasteiger partial charge in [0.1, 0.15) is 35.1 Å². The van der Waals surface area contributed by atoms with E-state index in [1.54, 1.807) is 27.7 Å². The van der Waals surface area contributed by atoms with Gasteiger partial charge < -0.3 is 20.3 Å². The Kier molecular flexibility index (Phi) is 11.7. The highest BCUT2D eigenvalue weighted by Crippen LogP contribution is 2.49. The second kappa shape index (κ2) is 16.5. The zero-order valence-electron chi connectivity index (χ0n) is 33.6. The fourth-order valence-corrected chi connectivity index (χ4v) is 9.26. The van der Waals surface area contributed by atoms with Crippen molar-refractivity contribution in [3.63, 3.8) is 0 Å². The number of rotatable bonds is 7. The van der Waals surface area contributed by atoms with Crippen LogP contribution in [0.5, 0.6) is 0 Å². The zero-order chi connectivity index (χ0) is 42.3. The second-order valence-electron chi connectivity index (χ2n) is 17.2. The molecule has 4 aliphatic rings. The van der Waals surface area contributed by atoms with Crippen LogP contribution in [0.3, 0.4) is 0 Å². The molecule has 17 heteroatoms. The standard InChI is InChI=1S/C42H51F2N7O7S/c1-25-13-8-5-6-9-14-26-15-12-18-28(21-26)34-33(27-16-10-7-11-17-27)47-51(48-34)29-22-32(50(24-29)38(53)35(41(2,3)4)45-40(55)58-25)37(52)46-42(23-31(42)36(43)44)39(54)49-59(56,57)30-19-20-30/h7,9-12,14-18,21,25,29-32,35-36H,5-6,8,13,19-20,22-24H2,1-4H3,(H,45,55)(H,46,52)(H,49,54)/b14-9+/t25-,29?,31-,32-,35+,42-/m0/s1. The minimum Gasteiger partial charge on any atom is -0.447 e. The zero-order valence-corrected chi connectivity index (χ0v) is 34.4. The van der Waals surface area contributed by atoms with Gasteiger partial charge in [0.05, 0.1) is 17.2 Å². The maximum atomic E-state index is 14.8. The van der Waals surface area contributed by atoms with Crippen molar-refractivity contribution >= 4 is 39.9 Å². The summed E-state index contributed by atoms with van der Waals surface area (Å²) in [5.41, 5.74) is 0.485. The van der Waals surface area contributed by atoms with Gasteiger partial charge in [-0.1, -0.05) is 81.5 Å². The van der Waals surface area contributed by atoms with E-state index in [1.807, 2.05) is 65.4 Å². The van der Waals surface area contributed by atoms with Gasteiger partial charge in [-0.2, -0.15) is 15.0 Å². The van der Waals surface area contributed by atoms with Crippen molar-refractivity contribution in [1.29, 1.82) is 0 Å². The number of alkyl carbamates (subject to hydrolysis) is 1. The number of hydrogen-bond acceptors (Lipinski definition) is 9. The molecule has 2 aliphatic carbocycles. The first-order valence-electron chi connectivity index (χ1n) is 20.2. The van der Waals surface area contributed by atoms with Crippen LogP contribution in [0.1, 0.15) is 90.7 Å². The monoisotopic (exact) mass is 835 g/mol. The molecule has 7 rings (SSSR count). The summed E-state index contributed by atoms with van der Waals surface area (Å²) in [6, 6.07) is 14.0. The lowest BCUT2D eigenvalue weighted by atomic mass is 9.85. The van der Waals surface area contributed by atoms with Gasteiger partial charge in [-0.3, -0.25) is 19.1 Å². The number of nitrogens with zero attached hydrogens (tertiary/aromatic N) is 4. The molecule has 6 bridgehead atoms. The molecule has 4 amide bonds. The highest BCUT2D eigenvalue weighted by atomic mass is 32.2. The van der Waals surface area contributed by atoms with E-state index in [2.05, 4.69) is 16.7 Å². The summed E-state index contributed by atoms with van der Waals surface area (Å²) in [6.45, 7) is 6.88. The second-order valence-corrected chi connectivity index (χ2v) is 19.2. The number of carbonyl (C=O) groups excluding carboxylic acids is 4. The predicted molar refractivity (Wildman–Crippen MR) is 215 cm³/mol. The molecule has 6 atom stereocenters. The minimum atomic E-state index is -4.14. The van der Waals surface area contributed by atoms with Gasteiger partial charge >= 0.3 is 6.09 Å². The van der Waals surface area contributed by atoms with Crippen LogP contribution in [-0.2, 0) is 29.1 Å². The average Bonchev–Trinajstić information content (AvgIpc) is 4.08. The lowest BCUT2D eigenvalue weighted by Gasteiger charge is -2.35. The molecule has 3 aromatic rings. The Morgan fingerprint density at radius 2 is 1.68 bits per heavy atom. The molecule has 2 aliphatic heterocycles. The van der Waals surface area contributed by atoms with Crippen LogP contribution < -0.4 is 15.4 Å². The Labute approximate surface area is 342 Å². The molecule has 0 spiro atoms. The molecule has 3 N–H and O–H groups in total. The summed E-state index contributed by atoms with van der Waals surface area (Å²) < 4.78 is 61.6. The van der Waals surface area contributed by atoms with Gasteiger partial charge in [0.2, 0.25) is 28.3 Å². The van der Waals surface area contributed by atoms with Crippen LogP contribution in [0.15, 0.2) is 60.7 Å². The first-order chi connectivity index (χ1) is 28.0. The molecule has 2 aromatic carbocycles. The number of benzene rings is 2. The molecule has 3 heterocycles. The molecule has 2 saturated carbocycles. The van der Waals surface area contributed by atoms with Crippen LogP contribution in [0, 0.1) is 11.3 Å². The number of hydrogen-bond donors (Lipinski definition) is 3. The van der Waals surface area contributed by atoms with Crippen molar-refractivity contribution in [2.24, 2.45) is 11.3 Å². The van der Waals surface area contributed by atoms with Crippen molar-refractivity contribution in [3.8, 4) is 22.5 Å². The molecule has 14 nitrogen and oxygen atoms in total. The fraction of sp³-hybridized carbons (Fsp3) is 0.524. The quantitative estimate of drug-likeness (QED) is 0.272.